The van der Waals surface area contributed by atoms with E-state index in [0.717, 1.165) is 5.56 Å². The number of carbonyl (C=O) groups is 1. The van der Waals surface area contributed by atoms with Gasteiger partial charge in [0.25, 0.3) is 0 Å². The van der Waals surface area contributed by atoms with E-state index in [1.165, 1.54) is 13.0 Å². The van der Waals surface area contributed by atoms with Gasteiger partial charge in [-0.3, -0.25) is 9.59 Å². The molecule has 104 valence electrons. The normalized spacial score (nSPS) is 10.7. The van der Waals surface area contributed by atoms with Crippen molar-refractivity contribution >= 4 is 16.7 Å². The molecule has 1 heterocycles. The summed E-state index contributed by atoms with van der Waals surface area (Å²) >= 11 is 0. The standard InChI is InChI=1S/C17H13NO3/c1-10(19)12-4-7-15-14(8-12)17(21)9-16(18-15)11-2-5-13(20)6-3-11/h2-9,20H,1H3,(H,18,21). The lowest BCUT2D eigenvalue weighted by molar-refractivity contribution is 0.101. The minimum atomic E-state index is -0.144. The van der Waals surface area contributed by atoms with Crippen LogP contribution in [-0.4, -0.2) is 15.9 Å². The number of rotatable bonds is 2. The number of nitrogens with one attached hydrogen (secondary N) is 1. The van der Waals surface area contributed by atoms with Gasteiger partial charge in [-0.2, -0.15) is 0 Å². The largest absolute Gasteiger partial charge is 0.508 e. The van der Waals surface area contributed by atoms with Gasteiger partial charge in [-0.05, 0) is 55.0 Å². The predicted octanol–water partition coefficient (Wildman–Crippen LogP) is 3.10. The molecule has 2 aromatic carbocycles. The predicted molar refractivity (Wildman–Crippen MR) is 81.7 cm³/mol. The highest BCUT2D eigenvalue weighted by Gasteiger charge is 2.07. The molecule has 0 aliphatic rings. The van der Waals surface area contributed by atoms with Gasteiger partial charge in [0, 0.05) is 28.2 Å². The summed E-state index contributed by atoms with van der Waals surface area (Å²) in [5.74, 6) is 0.104. The quantitative estimate of drug-likeness (QED) is 0.708. The highest BCUT2D eigenvalue weighted by atomic mass is 16.3. The Kier molecular flexibility index (Phi) is 3.06. The van der Waals surface area contributed by atoms with Gasteiger partial charge < -0.3 is 10.1 Å². The summed E-state index contributed by atoms with van der Waals surface area (Å²) in [6, 6.07) is 13.1. The Morgan fingerprint density at radius 1 is 1.05 bits per heavy atom. The maximum Gasteiger partial charge on any atom is 0.190 e. The van der Waals surface area contributed by atoms with Crippen LogP contribution in [0, 0.1) is 0 Å². The number of aromatic amines is 1. The molecule has 0 fully saturated rings. The number of H-pyrrole nitrogens is 1. The molecule has 0 atom stereocenters. The van der Waals surface area contributed by atoms with Crippen LogP contribution >= 0.6 is 0 Å². The average molecular weight is 279 g/mol. The van der Waals surface area contributed by atoms with Crippen LogP contribution in [0.4, 0.5) is 0 Å². The van der Waals surface area contributed by atoms with Gasteiger partial charge in [-0.1, -0.05) is 0 Å². The number of pyridine rings is 1. The van der Waals surface area contributed by atoms with Crippen LogP contribution < -0.4 is 5.43 Å². The lowest BCUT2D eigenvalue weighted by atomic mass is 10.1. The Balaban J connectivity index is 2.20. The van der Waals surface area contributed by atoms with Crippen molar-refractivity contribution in [2.45, 2.75) is 6.92 Å². The molecule has 3 rings (SSSR count). The second kappa shape index (κ2) is 4.90. The number of phenols is 1. The fourth-order valence-electron chi connectivity index (χ4n) is 2.26. The Hall–Kier alpha value is -2.88. The lowest BCUT2D eigenvalue weighted by Crippen LogP contribution is -2.04. The first kappa shape index (κ1) is 13.1. The molecule has 4 nitrogen and oxygen atoms in total. The molecule has 3 aromatic rings. The van der Waals surface area contributed by atoms with E-state index >= 15 is 0 Å². The molecular weight excluding hydrogens is 266 g/mol. The van der Waals surface area contributed by atoms with Gasteiger partial charge >= 0.3 is 0 Å². The Morgan fingerprint density at radius 3 is 2.43 bits per heavy atom. The van der Waals surface area contributed by atoms with Crippen molar-refractivity contribution in [1.29, 1.82) is 0 Å². The lowest BCUT2D eigenvalue weighted by Gasteiger charge is -2.06. The summed E-state index contributed by atoms with van der Waals surface area (Å²) in [5, 5.41) is 9.80. The molecule has 0 unspecified atom stereocenters. The van der Waals surface area contributed by atoms with Crippen molar-refractivity contribution < 1.29 is 9.90 Å². The van der Waals surface area contributed by atoms with Gasteiger partial charge in [-0.25, -0.2) is 0 Å². The topological polar surface area (TPSA) is 70.2 Å². The zero-order valence-corrected chi connectivity index (χ0v) is 11.4. The molecule has 0 aliphatic heterocycles. The second-order valence-electron chi connectivity index (χ2n) is 4.91. The van der Waals surface area contributed by atoms with Crippen LogP contribution in [0.3, 0.4) is 0 Å². The zero-order chi connectivity index (χ0) is 15.0. The first-order chi connectivity index (χ1) is 10.0. The molecule has 2 N–H and O–H groups in total. The number of benzene rings is 2. The Morgan fingerprint density at radius 2 is 1.76 bits per heavy atom. The number of hydrogen-bond donors (Lipinski definition) is 2. The van der Waals surface area contributed by atoms with E-state index in [-0.39, 0.29) is 17.0 Å². The van der Waals surface area contributed by atoms with E-state index in [2.05, 4.69) is 4.98 Å². The molecule has 4 heteroatoms. The van der Waals surface area contributed by atoms with Crippen LogP contribution in [-0.2, 0) is 0 Å². The molecule has 0 radical (unpaired) electrons. The monoisotopic (exact) mass is 279 g/mol. The summed E-state index contributed by atoms with van der Waals surface area (Å²) in [6.07, 6.45) is 0. The van der Waals surface area contributed by atoms with Gasteiger partial charge in [0.15, 0.2) is 11.2 Å². The summed E-state index contributed by atoms with van der Waals surface area (Å²) in [6.45, 7) is 1.47. The fraction of sp³-hybridized carbons (Fsp3) is 0.0588. The van der Waals surface area contributed by atoms with Crippen molar-refractivity contribution in [3.05, 3.63) is 64.3 Å². The highest BCUT2D eigenvalue weighted by molar-refractivity contribution is 5.98. The number of aromatic nitrogens is 1. The Labute approximate surface area is 120 Å². The number of aromatic hydroxyl groups is 1. The minimum Gasteiger partial charge on any atom is -0.508 e. The SMILES string of the molecule is CC(=O)c1ccc2[nH]c(-c3ccc(O)cc3)cc(=O)c2c1. The smallest absolute Gasteiger partial charge is 0.190 e. The van der Waals surface area contributed by atoms with E-state index in [9.17, 15) is 14.7 Å². The molecule has 21 heavy (non-hydrogen) atoms. The third-order valence-corrected chi connectivity index (χ3v) is 3.41. The third kappa shape index (κ3) is 2.43. The summed E-state index contributed by atoms with van der Waals surface area (Å²) in [5.41, 5.74) is 2.53. The molecule has 0 spiro atoms. The minimum absolute atomic E-state index is 0.0705. The van der Waals surface area contributed by atoms with Crippen molar-refractivity contribution in [1.82, 2.24) is 4.98 Å². The first-order valence-electron chi connectivity index (χ1n) is 6.52. The molecule has 0 saturated carbocycles. The maximum atomic E-state index is 12.2. The average Bonchev–Trinajstić information content (AvgIpc) is 2.47. The number of hydrogen-bond acceptors (Lipinski definition) is 3. The number of Topliss-reactive ketones (excluding diaryl/α,β-unsaturated/α-hetero) is 1. The molecule has 0 saturated heterocycles. The summed E-state index contributed by atoms with van der Waals surface area (Å²) in [7, 11) is 0. The first-order valence-corrected chi connectivity index (χ1v) is 6.52. The zero-order valence-electron chi connectivity index (χ0n) is 11.4. The van der Waals surface area contributed by atoms with Gasteiger partial charge in [-0.15, -0.1) is 0 Å². The van der Waals surface area contributed by atoms with Gasteiger partial charge in [0.2, 0.25) is 0 Å². The number of carbonyl (C=O) groups excluding carboxylic acids is 1. The fourth-order valence-corrected chi connectivity index (χ4v) is 2.26. The van der Waals surface area contributed by atoms with Crippen molar-refractivity contribution in [3.63, 3.8) is 0 Å². The molecule has 0 bridgehead atoms. The van der Waals surface area contributed by atoms with Crippen LogP contribution in [0.2, 0.25) is 0 Å². The summed E-state index contributed by atoms with van der Waals surface area (Å²) < 4.78 is 0. The number of ketones is 1. The Bertz CT molecular complexity index is 892. The van der Waals surface area contributed by atoms with E-state index < -0.39 is 0 Å². The molecule has 1 aromatic heterocycles. The van der Waals surface area contributed by atoms with Crippen LogP contribution in [0.1, 0.15) is 17.3 Å². The van der Waals surface area contributed by atoms with Crippen molar-refractivity contribution in [3.8, 4) is 17.0 Å². The van der Waals surface area contributed by atoms with Gasteiger partial charge in [0.05, 0.1) is 0 Å². The molecule has 0 aliphatic carbocycles. The molecular formula is C17H13NO3. The van der Waals surface area contributed by atoms with Crippen LogP contribution in [0.5, 0.6) is 5.75 Å². The van der Waals surface area contributed by atoms with E-state index in [4.69, 9.17) is 0 Å². The van der Waals surface area contributed by atoms with Crippen LogP contribution in [0.25, 0.3) is 22.2 Å². The van der Waals surface area contributed by atoms with E-state index in [0.29, 0.717) is 22.2 Å². The van der Waals surface area contributed by atoms with E-state index in [1.54, 1.807) is 42.5 Å². The maximum absolute atomic E-state index is 12.2. The third-order valence-electron chi connectivity index (χ3n) is 3.41. The summed E-state index contributed by atoms with van der Waals surface area (Å²) in [4.78, 5) is 26.8. The van der Waals surface area contributed by atoms with Gasteiger partial charge in [0.1, 0.15) is 5.75 Å². The molecule has 0 amide bonds. The van der Waals surface area contributed by atoms with E-state index in [1.807, 2.05) is 0 Å². The van der Waals surface area contributed by atoms with Crippen molar-refractivity contribution in [2.75, 3.05) is 0 Å². The second-order valence-corrected chi connectivity index (χ2v) is 4.91. The van der Waals surface area contributed by atoms with Crippen LogP contribution in [0.15, 0.2) is 53.3 Å². The highest BCUT2D eigenvalue weighted by Crippen LogP contribution is 2.21. The number of fused-ring (bicyclic) bond motifs is 1. The van der Waals surface area contributed by atoms with Crippen molar-refractivity contribution in [2.24, 2.45) is 0 Å². The number of phenolic OH excluding ortho intramolecular Hbond substituents is 1.